The maximum absolute atomic E-state index is 11.8. The quantitative estimate of drug-likeness (QED) is 0.208. The number of benzene rings is 3. The zero-order valence-corrected chi connectivity index (χ0v) is 27.2. The number of aromatic nitrogens is 3. The van der Waals surface area contributed by atoms with E-state index in [4.69, 9.17) is 26.7 Å². The Labute approximate surface area is 261 Å². The van der Waals surface area contributed by atoms with Gasteiger partial charge in [0.05, 0.1) is 33.3 Å². The Morgan fingerprint density at radius 1 is 1.00 bits per heavy atom. The van der Waals surface area contributed by atoms with Crippen molar-refractivity contribution in [2.75, 3.05) is 20.1 Å². The van der Waals surface area contributed by atoms with Crippen molar-refractivity contribution >= 4 is 50.2 Å². The topological polar surface area (TPSA) is 91.5 Å². The molecule has 0 saturated carbocycles. The van der Waals surface area contributed by atoms with Crippen molar-refractivity contribution in [3.8, 4) is 21.7 Å². The van der Waals surface area contributed by atoms with Crippen LogP contribution in [0.25, 0.3) is 42.9 Å². The second kappa shape index (κ2) is 12.4. The maximum Gasteiger partial charge on any atom is 0.307 e. The number of hydrogen-bond acceptors (Lipinski definition) is 6. The number of aliphatic hydroxyl groups is 1. The minimum atomic E-state index is -0.851. The van der Waals surface area contributed by atoms with Gasteiger partial charge in [-0.25, -0.2) is 9.97 Å². The van der Waals surface area contributed by atoms with Crippen LogP contribution in [0.5, 0.6) is 0 Å². The SMILES string of the molecule is CC(C)(C)O.Cc1cc2nc(-c3ccc4nc(C)n(C5CCN(C)CC5)c4c3)sc2c(-c2ccc(Cl)cc2)c1CC(=O)O. The summed E-state index contributed by atoms with van der Waals surface area (Å²) in [6.07, 6.45) is 2.18. The Kier molecular flexibility index (Phi) is 8.95. The molecule has 226 valence electrons. The molecule has 7 nitrogen and oxygen atoms in total. The standard InChI is InChI=1S/C30H29ClN4O2S.C4H10O/c1-17-14-25-29(28(23(17)16-27(36)37)19-4-7-21(31)8-5-19)38-30(33-25)20-6-9-24-26(15-20)35(18(2)32-24)22-10-12-34(3)13-11-22;1-4(2,3)5/h4-9,14-15,22H,10-13,16H2,1-3H3,(H,36,37);5H,1-3H3. The molecule has 5 aromatic rings. The van der Waals surface area contributed by atoms with Crippen molar-refractivity contribution in [1.29, 1.82) is 0 Å². The van der Waals surface area contributed by atoms with Gasteiger partial charge in [0.2, 0.25) is 0 Å². The van der Waals surface area contributed by atoms with Crippen LogP contribution in [0.2, 0.25) is 5.02 Å². The molecule has 0 spiro atoms. The number of halogens is 1. The molecule has 1 saturated heterocycles. The highest BCUT2D eigenvalue weighted by Gasteiger charge is 2.23. The highest BCUT2D eigenvalue weighted by molar-refractivity contribution is 7.22. The lowest BCUT2D eigenvalue weighted by molar-refractivity contribution is -0.136. The summed E-state index contributed by atoms with van der Waals surface area (Å²) >= 11 is 7.78. The fourth-order valence-corrected chi connectivity index (χ4v) is 6.98. The van der Waals surface area contributed by atoms with Crippen molar-refractivity contribution in [2.24, 2.45) is 0 Å². The van der Waals surface area contributed by atoms with E-state index in [0.717, 1.165) is 85.8 Å². The fourth-order valence-electron chi connectivity index (χ4n) is 5.72. The Hall–Kier alpha value is -3.30. The molecule has 0 radical (unpaired) electrons. The van der Waals surface area contributed by atoms with E-state index in [0.29, 0.717) is 11.1 Å². The van der Waals surface area contributed by atoms with E-state index in [1.54, 1.807) is 32.1 Å². The molecule has 0 amide bonds. The molecule has 1 aliphatic heterocycles. The molecule has 9 heteroatoms. The number of piperidine rings is 1. The van der Waals surface area contributed by atoms with E-state index in [2.05, 4.69) is 41.6 Å². The normalized spacial score (nSPS) is 14.7. The van der Waals surface area contributed by atoms with Crippen LogP contribution in [0.4, 0.5) is 0 Å². The summed E-state index contributed by atoms with van der Waals surface area (Å²) in [6.45, 7) is 11.5. The van der Waals surface area contributed by atoms with Gasteiger partial charge >= 0.3 is 5.97 Å². The van der Waals surface area contributed by atoms with E-state index in [9.17, 15) is 9.90 Å². The summed E-state index contributed by atoms with van der Waals surface area (Å²) in [5.74, 6) is 0.199. The van der Waals surface area contributed by atoms with Gasteiger partial charge in [0.15, 0.2) is 0 Å². The van der Waals surface area contributed by atoms with Gasteiger partial charge in [-0.15, -0.1) is 11.3 Å². The number of imidazole rings is 1. The number of carboxylic acid groups (broad SMARTS) is 1. The van der Waals surface area contributed by atoms with Crippen LogP contribution in [0.3, 0.4) is 0 Å². The van der Waals surface area contributed by atoms with E-state index >= 15 is 0 Å². The van der Waals surface area contributed by atoms with Crippen LogP contribution in [0.15, 0.2) is 48.5 Å². The van der Waals surface area contributed by atoms with E-state index < -0.39 is 11.6 Å². The third kappa shape index (κ3) is 7.10. The predicted molar refractivity (Wildman–Crippen MR) is 177 cm³/mol. The van der Waals surface area contributed by atoms with Gasteiger partial charge < -0.3 is 19.7 Å². The summed E-state index contributed by atoms with van der Waals surface area (Å²) in [4.78, 5) is 24.1. The molecule has 0 unspecified atom stereocenters. The number of hydrogen-bond donors (Lipinski definition) is 2. The highest BCUT2D eigenvalue weighted by Crippen LogP contribution is 2.42. The Morgan fingerprint density at radius 3 is 2.26 bits per heavy atom. The summed E-state index contributed by atoms with van der Waals surface area (Å²) in [7, 11) is 2.18. The molecule has 2 N–H and O–H groups in total. The number of aliphatic carboxylic acids is 1. The fraction of sp³-hybridized carbons (Fsp3) is 0.382. The monoisotopic (exact) mass is 618 g/mol. The van der Waals surface area contributed by atoms with Gasteiger partial charge in [-0.1, -0.05) is 23.7 Å². The molecule has 0 atom stereocenters. The Balaban J connectivity index is 0.000000682. The van der Waals surface area contributed by atoms with Gasteiger partial charge in [0, 0.05) is 22.2 Å². The third-order valence-corrected chi connectivity index (χ3v) is 9.03. The molecular formula is C34H39ClN4O3S. The molecular weight excluding hydrogens is 580 g/mol. The second-order valence-electron chi connectivity index (χ2n) is 12.4. The number of rotatable bonds is 5. The number of carboxylic acids is 1. The molecule has 3 heterocycles. The molecule has 0 bridgehead atoms. The zero-order valence-electron chi connectivity index (χ0n) is 25.6. The number of nitrogens with zero attached hydrogens (tertiary/aromatic N) is 4. The van der Waals surface area contributed by atoms with Crippen LogP contribution in [0, 0.1) is 13.8 Å². The zero-order chi connectivity index (χ0) is 31.1. The molecule has 2 aromatic heterocycles. The Morgan fingerprint density at radius 2 is 1.63 bits per heavy atom. The number of carbonyl (C=O) groups is 1. The van der Waals surface area contributed by atoms with E-state index in [1.807, 2.05) is 37.3 Å². The van der Waals surface area contributed by atoms with Crippen molar-refractivity contribution in [1.82, 2.24) is 19.4 Å². The van der Waals surface area contributed by atoms with Gasteiger partial charge in [0.25, 0.3) is 0 Å². The molecule has 1 fully saturated rings. The number of thiazole rings is 1. The maximum atomic E-state index is 11.8. The molecule has 0 aliphatic carbocycles. The third-order valence-electron chi connectivity index (χ3n) is 7.64. The van der Waals surface area contributed by atoms with Crippen LogP contribution < -0.4 is 0 Å². The largest absolute Gasteiger partial charge is 0.481 e. The first-order valence-corrected chi connectivity index (χ1v) is 15.8. The molecule has 6 rings (SSSR count). The lowest BCUT2D eigenvalue weighted by atomic mass is 9.93. The van der Waals surface area contributed by atoms with Crippen LogP contribution in [-0.2, 0) is 11.2 Å². The predicted octanol–water partition coefficient (Wildman–Crippen LogP) is 7.92. The van der Waals surface area contributed by atoms with Crippen molar-refractivity contribution in [3.05, 3.63) is 70.5 Å². The lowest BCUT2D eigenvalue weighted by Gasteiger charge is -2.30. The highest BCUT2D eigenvalue weighted by atomic mass is 35.5. The average molecular weight is 619 g/mol. The molecule has 3 aromatic carbocycles. The van der Waals surface area contributed by atoms with Crippen molar-refractivity contribution in [3.63, 3.8) is 0 Å². The number of likely N-dealkylation sites (tertiary alicyclic amines) is 1. The molecule has 1 aliphatic rings. The van der Waals surface area contributed by atoms with E-state index in [1.165, 1.54) is 0 Å². The average Bonchev–Trinajstić information content (AvgIpc) is 3.48. The van der Waals surface area contributed by atoms with Crippen molar-refractivity contribution < 1.29 is 15.0 Å². The van der Waals surface area contributed by atoms with E-state index in [-0.39, 0.29) is 6.42 Å². The van der Waals surface area contributed by atoms with Crippen LogP contribution >= 0.6 is 22.9 Å². The smallest absolute Gasteiger partial charge is 0.307 e. The summed E-state index contributed by atoms with van der Waals surface area (Å²) in [5, 5.41) is 19.7. The van der Waals surface area contributed by atoms with Crippen LogP contribution in [0.1, 0.15) is 56.6 Å². The first-order valence-electron chi connectivity index (χ1n) is 14.6. The van der Waals surface area contributed by atoms with Crippen LogP contribution in [-0.4, -0.2) is 61.4 Å². The van der Waals surface area contributed by atoms with Crippen molar-refractivity contribution in [2.45, 2.75) is 65.5 Å². The lowest BCUT2D eigenvalue weighted by Crippen LogP contribution is -2.31. The van der Waals surface area contributed by atoms with Gasteiger partial charge in [0.1, 0.15) is 10.8 Å². The minimum absolute atomic E-state index is 0.0477. The second-order valence-corrected chi connectivity index (χ2v) is 13.9. The van der Waals surface area contributed by atoms with Gasteiger partial charge in [-0.2, -0.15) is 0 Å². The Bertz CT molecular complexity index is 1770. The molecule has 43 heavy (non-hydrogen) atoms. The summed E-state index contributed by atoms with van der Waals surface area (Å²) in [6, 6.07) is 16.5. The first-order chi connectivity index (χ1) is 20.3. The minimum Gasteiger partial charge on any atom is -0.481 e. The number of fused-ring (bicyclic) bond motifs is 2. The van der Waals surface area contributed by atoms with Gasteiger partial charge in [-0.05, 0) is 121 Å². The summed E-state index contributed by atoms with van der Waals surface area (Å²) in [5.41, 5.74) is 7.19. The van der Waals surface area contributed by atoms with Gasteiger partial charge in [-0.3, -0.25) is 4.79 Å². The summed E-state index contributed by atoms with van der Waals surface area (Å²) < 4.78 is 3.40. The first kappa shape index (κ1) is 31.1. The number of aryl methyl sites for hydroxylation is 2.